The van der Waals surface area contributed by atoms with Crippen LogP contribution in [0.1, 0.15) is 12.8 Å². The minimum absolute atomic E-state index is 0.140. The van der Waals surface area contributed by atoms with Crippen LogP contribution >= 0.6 is 11.6 Å². The van der Waals surface area contributed by atoms with Crippen molar-refractivity contribution in [2.45, 2.75) is 12.8 Å². The first kappa shape index (κ1) is 20.2. The maximum atomic E-state index is 12.6. The van der Waals surface area contributed by atoms with Gasteiger partial charge in [0, 0.05) is 39.1 Å². The van der Waals surface area contributed by atoms with Gasteiger partial charge in [-0.1, -0.05) is 12.1 Å². The number of methoxy groups -OCH3 is 1. The largest absolute Gasteiger partial charge is 0.495 e. The zero-order valence-electron chi connectivity index (χ0n) is 16.8. The van der Waals surface area contributed by atoms with Crippen molar-refractivity contribution in [3.63, 3.8) is 0 Å². The monoisotopic (exact) mass is 429 g/mol. The van der Waals surface area contributed by atoms with Gasteiger partial charge in [0.05, 0.1) is 19.1 Å². The fraction of sp³-hybridized carbons (Fsp3) is 0.400. The molecule has 3 heterocycles. The molecule has 1 aliphatic heterocycles. The predicted octanol–water partition coefficient (Wildman–Crippen LogP) is 2.56. The Bertz CT molecular complexity index is 1020. The van der Waals surface area contributed by atoms with Crippen LogP contribution in [0.15, 0.2) is 30.6 Å². The summed E-state index contributed by atoms with van der Waals surface area (Å²) in [6.07, 6.45) is 2.73. The van der Waals surface area contributed by atoms with Crippen molar-refractivity contribution < 1.29 is 9.53 Å². The molecule has 1 fully saturated rings. The van der Waals surface area contributed by atoms with Crippen LogP contribution in [0.2, 0.25) is 5.28 Å². The van der Waals surface area contributed by atoms with Crippen molar-refractivity contribution in [2.24, 2.45) is 0 Å². The van der Waals surface area contributed by atoms with Crippen molar-refractivity contribution in [3.8, 4) is 5.75 Å². The number of hydrogen-bond donors (Lipinski definition) is 2. The average Bonchev–Trinajstić information content (AvgIpc) is 3.25. The van der Waals surface area contributed by atoms with E-state index in [-0.39, 0.29) is 11.2 Å². The Morgan fingerprint density at radius 1 is 1.23 bits per heavy atom. The van der Waals surface area contributed by atoms with Gasteiger partial charge in [0.25, 0.3) is 0 Å². The lowest BCUT2D eigenvalue weighted by molar-refractivity contribution is -0.131. The topological polar surface area (TPSA) is 99.3 Å². The molecule has 9 nitrogen and oxygen atoms in total. The number of rotatable bonds is 7. The van der Waals surface area contributed by atoms with E-state index in [4.69, 9.17) is 16.3 Å². The van der Waals surface area contributed by atoms with Gasteiger partial charge in [0.2, 0.25) is 11.2 Å². The van der Waals surface area contributed by atoms with Crippen molar-refractivity contribution in [1.82, 2.24) is 24.8 Å². The first-order valence-corrected chi connectivity index (χ1v) is 10.3. The van der Waals surface area contributed by atoms with Crippen molar-refractivity contribution in [2.75, 3.05) is 50.1 Å². The summed E-state index contributed by atoms with van der Waals surface area (Å²) in [5.74, 6) is 1.63. The summed E-state index contributed by atoms with van der Waals surface area (Å²) in [6.45, 7) is 3.61. The molecule has 30 heavy (non-hydrogen) atoms. The second-order valence-corrected chi connectivity index (χ2v) is 7.35. The molecular weight excluding hydrogens is 406 g/mol. The minimum Gasteiger partial charge on any atom is -0.495 e. The summed E-state index contributed by atoms with van der Waals surface area (Å²) in [4.78, 5) is 32.1. The number of aromatic nitrogens is 4. The number of carbonyl (C=O) groups excluding carboxylic acids is 1. The van der Waals surface area contributed by atoms with E-state index in [0.717, 1.165) is 24.5 Å². The Morgan fingerprint density at radius 2 is 2.03 bits per heavy atom. The molecule has 4 rings (SSSR count). The number of nitrogens with one attached hydrogen (secondary N) is 2. The lowest BCUT2D eigenvalue weighted by atomic mass is 10.2. The molecule has 0 spiro atoms. The lowest BCUT2D eigenvalue weighted by Crippen LogP contribution is -2.48. The normalized spacial score (nSPS) is 14.2. The van der Waals surface area contributed by atoms with E-state index >= 15 is 0 Å². The molecule has 10 heteroatoms. The van der Waals surface area contributed by atoms with Gasteiger partial charge in [-0.05, 0) is 30.2 Å². The summed E-state index contributed by atoms with van der Waals surface area (Å²) < 4.78 is 5.45. The van der Waals surface area contributed by atoms with Crippen LogP contribution in [0.3, 0.4) is 0 Å². The Hall–Kier alpha value is -3.07. The molecule has 0 bridgehead atoms. The highest BCUT2D eigenvalue weighted by atomic mass is 35.5. The summed E-state index contributed by atoms with van der Waals surface area (Å²) in [5.41, 5.74) is 2.30. The zero-order valence-corrected chi connectivity index (χ0v) is 17.5. The van der Waals surface area contributed by atoms with Crippen LogP contribution < -0.4 is 15.0 Å². The van der Waals surface area contributed by atoms with Gasteiger partial charge in [-0.2, -0.15) is 9.97 Å². The van der Waals surface area contributed by atoms with Gasteiger partial charge >= 0.3 is 0 Å². The molecule has 0 radical (unpaired) electrons. The number of fused-ring (bicyclic) bond motifs is 1. The van der Waals surface area contributed by atoms with Crippen LogP contribution in [0.4, 0.5) is 11.5 Å². The standard InChI is InChI=1S/C20H24ClN7O2/c1-30-15-6-3-2-5-14(15)27-9-11-28(12-10-27)16(29)7-4-8-22-18-17-19(24-13-23-17)26-20(21)25-18/h2-3,5-6,13H,4,7-12H2,1H3,(H2,22,23,24,25,26). The summed E-state index contributed by atoms with van der Waals surface area (Å²) in [7, 11) is 1.68. The number of H-pyrrole nitrogens is 1. The predicted molar refractivity (Wildman–Crippen MR) is 116 cm³/mol. The number of ether oxygens (including phenoxy) is 1. The van der Waals surface area contributed by atoms with Crippen LogP contribution in [-0.4, -0.2) is 70.6 Å². The third-order valence-corrected chi connectivity index (χ3v) is 5.35. The van der Waals surface area contributed by atoms with Gasteiger partial charge < -0.3 is 24.8 Å². The number of imidazole rings is 1. The number of carbonyl (C=O) groups is 1. The van der Waals surface area contributed by atoms with Gasteiger partial charge in [-0.15, -0.1) is 0 Å². The van der Waals surface area contributed by atoms with E-state index in [9.17, 15) is 4.79 Å². The molecule has 2 aromatic heterocycles. The second kappa shape index (κ2) is 9.17. The Morgan fingerprint density at radius 3 is 2.83 bits per heavy atom. The van der Waals surface area contributed by atoms with Gasteiger partial charge in [0.1, 0.15) is 11.3 Å². The smallest absolute Gasteiger partial charge is 0.226 e. The second-order valence-electron chi connectivity index (χ2n) is 7.01. The molecular formula is C20H24ClN7O2. The summed E-state index contributed by atoms with van der Waals surface area (Å²) in [5, 5.41) is 3.35. The number of aromatic amines is 1. The molecule has 1 saturated heterocycles. The maximum absolute atomic E-state index is 12.6. The number of benzene rings is 1. The maximum Gasteiger partial charge on any atom is 0.226 e. The van der Waals surface area contributed by atoms with Gasteiger partial charge in [-0.25, -0.2) is 4.98 Å². The van der Waals surface area contributed by atoms with Crippen molar-refractivity contribution >= 4 is 40.2 Å². The molecule has 1 aromatic carbocycles. The van der Waals surface area contributed by atoms with Crippen LogP contribution in [-0.2, 0) is 4.79 Å². The molecule has 158 valence electrons. The zero-order chi connectivity index (χ0) is 20.9. The van der Waals surface area contributed by atoms with Crippen LogP contribution in [0.5, 0.6) is 5.75 Å². The molecule has 0 aliphatic carbocycles. The van der Waals surface area contributed by atoms with E-state index in [0.29, 0.717) is 49.5 Å². The highest BCUT2D eigenvalue weighted by Gasteiger charge is 2.22. The Balaban J connectivity index is 1.24. The minimum atomic E-state index is 0.140. The molecule has 3 aromatic rings. The van der Waals surface area contributed by atoms with Crippen LogP contribution in [0.25, 0.3) is 11.2 Å². The highest BCUT2D eigenvalue weighted by Crippen LogP contribution is 2.28. The number of piperazine rings is 1. The number of anilines is 2. The number of nitrogens with zero attached hydrogens (tertiary/aromatic N) is 5. The van der Waals surface area contributed by atoms with Crippen molar-refractivity contribution in [1.29, 1.82) is 0 Å². The Kier molecular flexibility index (Phi) is 6.18. The van der Waals surface area contributed by atoms with E-state index in [1.165, 1.54) is 0 Å². The summed E-state index contributed by atoms with van der Waals surface area (Å²) in [6, 6.07) is 7.98. The number of para-hydroxylation sites is 2. The molecule has 1 amide bonds. The quantitative estimate of drug-likeness (QED) is 0.439. The number of hydrogen-bond acceptors (Lipinski definition) is 7. The average molecular weight is 430 g/mol. The first-order valence-electron chi connectivity index (χ1n) is 9.92. The SMILES string of the molecule is COc1ccccc1N1CCN(C(=O)CCCNc2nc(Cl)nc3nc[nH]c23)CC1. The molecule has 2 N–H and O–H groups in total. The van der Waals surface area contributed by atoms with E-state index in [1.54, 1.807) is 13.4 Å². The number of amides is 1. The highest BCUT2D eigenvalue weighted by molar-refractivity contribution is 6.28. The molecule has 1 aliphatic rings. The van der Waals surface area contributed by atoms with Crippen LogP contribution in [0, 0.1) is 0 Å². The summed E-state index contributed by atoms with van der Waals surface area (Å²) >= 11 is 5.93. The molecule has 0 unspecified atom stereocenters. The Labute approximate surface area is 179 Å². The fourth-order valence-electron chi connectivity index (χ4n) is 3.63. The van der Waals surface area contributed by atoms with E-state index < -0.39 is 0 Å². The molecule has 0 saturated carbocycles. The van der Waals surface area contributed by atoms with Gasteiger partial charge in [0.15, 0.2) is 11.5 Å². The molecule has 0 atom stereocenters. The fourth-order valence-corrected chi connectivity index (χ4v) is 3.79. The third-order valence-electron chi connectivity index (χ3n) is 5.18. The van der Waals surface area contributed by atoms with E-state index in [2.05, 4.69) is 36.2 Å². The third kappa shape index (κ3) is 4.40. The van der Waals surface area contributed by atoms with Gasteiger partial charge in [-0.3, -0.25) is 4.79 Å². The lowest BCUT2D eigenvalue weighted by Gasteiger charge is -2.36. The van der Waals surface area contributed by atoms with Crippen molar-refractivity contribution in [3.05, 3.63) is 35.9 Å². The number of halogens is 1. The van der Waals surface area contributed by atoms with E-state index in [1.807, 2.05) is 23.1 Å². The first-order chi connectivity index (χ1) is 14.7.